The van der Waals surface area contributed by atoms with E-state index in [-0.39, 0.29) is 11.8 Å². The Morgan fingerprint density at radius 2 is 1.66 bits per heavy atom. The molecule has 0 bridgehead atoms. The third-order valence-electron chi connectivity index (χ3n) is 6.87. The Morgan fingerprint density at radius 3 is 2.34 bits per heavy atom. The summed E-state index contributed by atoms with van der Waals surface area (Å²) in [7, 11) is 2.14. The summed E-state index contributed by atoms with van der Waals surface area (Å²) in [5.74, 6) is 0.357. The van der Waals surface area contributed by atoms with Crippen molar-refractivity contribution in [2.45, 2.75) is 33.4 Å². The van der Waals surface area contributed by atoms with Crippen LogP contribution in [0.5, 0.6) is 0 Å². The number of benzene rings is 2. The van der Waals surface area contributed by atoms with E-state index in [4.69, 9.17) is 0 Å². The second-order valence-electron chi connectivity index (χ2n) is 9.74. The van der Waals surface area contributed by atoms with Gasteiger partial charge in [-0.3, -0.25) is 14.7 Å². The molecule has 0 spiro atoms. The first-order valence-corrected chi connectivity index (χ1v) is 12.1. The van der Waals surface area contributed by atoms with Crippen LogP contribution in [0.25, 0.3) is 0 Å². The maximum Gasteiger partial charge on any atom is 0.256 e. The van der Waals surface area contributed by atoms with Crippen LogP contribution < -0.4 is 10.2 Å². The predicted octanol–water partition coefficient (Wildman–Crippen LogP) is 3.12. The number of aromatic nitrogens is 2. The maximum atomic E-state index is 12.9. The van der Waals surface area contributed by atoms with Gasteiger partial charge in [0.1, 0.15) is 0 Å². The molecule has 1 saturated heterocycles. The molecule has 0 radical (unpaired) electrons. The fourth-order valence-corrected chi connectivity index (χ4v) is 4.95. The van der Waals surface area contributed by atoms with Crippen LogP contribution in [0.3, 0.4) is 0 Å². The minimum absolute atomic E-state index is 0.0661. The van der Waals surface area contributed by atoms with Crippen molar-refractivity contribution in [3.8, 4) is 0 Å². The van der Waals surface area contributed by atoms with E-state index in [1.165, 1.54) is 0 Å². The van der Waals surface area contributed by atoms with E-state index in [2.05, 4.69) is 50.6 Å². The van der Waals surface area contributed by atoms with Gasteiger partial charge in [0.15, 0.2) is 5.82 Å². The number of fused-ring (bicyclic) bond motifs is 1. The van der Waals surface area contributed by atoms with Crippen molar-refractivity contribution >= 4 is 23.3 Å². The van der Waals surface area contributed by atoms with Gasteiger partial charge in [-0.15, -0.1) is 0 Å². The number of aromatic amines is 1. The fraction of sp³-hybridized carbons (Fsp3) is 0.370. The molecule has 3 heterocycles. The maximum absolute atomic E-state index is 12.9. The van der Waals surface area contributed by atoms with Crippen molar-refractivity contribution in [1.29, 1.82) is 0 Å². The summed E-state index contributed by atoms with van der Waals surface area (Å²) in [5, 5.41) is 10.2. The van der Waals surface area contributed by atoms with Crippen molar-refractivity contribution in [3.05, 3.63) is 76.0 Å². The van der Waals surface area contributed by atoms with E-state index in [1.807, 2.05) is 38.1 Å². The van der Waals surface area contributed by atoms with Gasteiger partial charge in [-0.2, -0.15) is 5.10 Å². The first-order valence-electron chi connectivity index (χ1n) is 12.1. The van der Waals surface area contributed by atoms with E-state index in [0.717, 1.165) is 59.8 Å². The number of hydrogen-bond donors (Lipinski definition) is 2. The van der Waals surface area contributed by atoms with Crippen LogP contribution in [0.1, 0.15) is 38.3 Å². The molecule has 2 aliphatic heterocycles. The fourth-order valence-electron chi connectivity index (χ4n) is 4.95. The van der Waals surface area contributed by atoms with E-state index >= 15 is 0 Å². The number of H-pyrrole nitrogens is 1. The zero-order chi connectivity index (χ0) is 24.5. The second kappa shape index (κ2) is 9.54. The molecule has 2 N–H and O–H groups in total. The molecule has 5 rings (SSSR count). The molecule has 182 valence electrons. The molecule has 0 unspecified atom stereocenters. The number of likely N-dealkylation sites (N-methyl/N-ethyl adjacent to an activating group) is 1. The average molecular weight is 473 g/mol. The summed E-state index contributed by atoms with van der Waals surface area (Å²) in [5.41, 5.74) is 6.81. The van der Waals surface area contributed by atoms with Gasteiger partial charge in [-0.1, -0.05) is 29.3 Å². The lowest BCUT2D eigenvalue weighted by atomic mass is 10.0. The van der Waals surface area contributed by atoms with Gasteiger partial charge < -0.3 is 20.0 Å². The predicted molar refractivity (Wildman–Crippen MR) is 137 cm³/mol. The highest BCUT2D eigenvalue weighted by molar-refractivity contribution is 6.04. The minimum Gasteiger partial charge on any atom is -0.369 e. The first-order chi connectivity index (χ1) is 16.9. The largest absolute Gasteiger partial charge is 0.369 e. The summed E-state index contributed by atoms with van der Waals surface area (Å²) in [6.45, 7) is 9.05. The lowest BCUT2D eigenvalue weighted by Crippen LogP contribution is -2.44. The standard InChI is InChI=1S/C27H32N6O2/c1-18-12-19(2)14-20(13-18)15-25(34)33-16-23-24(17-33)29-30-26(23)28-27(35)21-4-6-22(7-5-21)32-10-8-31(3)9-11-32/h4-7,12-14H,8-11,15-17H2,1-3H3,(H2,28,29,30,35). The Labute approximate surface area is 205 Å². The summed E-state index contributed by atoms with van der Waals surface area (Å²) in [6.07, 6.45) is 0.363. The lowest BCUT2D eigenvalue weighted by molar-refractivity contribution is -0.131. The highest BCUT2D eigenvalue weighted by atomic mass is 16.2. The van der Waals surface area contributed by atoms with Crippen LogP contribution in [-0.4, -0.2) is 65.0 Å². The summed E-state index contributed by atoms with van der Waals surface area (Å²) < 4.78 is 0. The number of amides is 2. The number of carbonyl (C=O) groups is 2. The van der Waals surface area contributed by atoms with Gasteiger partial charge in [-0.25, -0.2) is 0 Å². The molecule has 2 aliphatic rings. The summed E-state index contributed by atoms with van der Waals surface area (Å²) in [4.78, 5) is 32.3. The molecule has 8 nitrogen and oxygen atoms in total. The van der Waals surface area contributed by atoms with Crippen LogP contribution in [0.15, 0.2) is 42.5 Å². The number of piperazine rings is 1. The van der Waals surface area contributed by atoms with Crippen molar-refractivity contribution in [1.82, 2.24) is 20.0 Å². The van der Waals surface area contributed by atoms with Crippen LogP contribution >= 0.6 is 0 Å². The third kappa shape index (κ3) is 5.07. The molecule has 35 heavy (non-hydrogen) atoms. The molecular weight excluding hydrogens is 440 g/mol. The molecule has 3 aromatic rings. The minimum atomic E-state index is -0.204. The summed E-state index contributed by atoms with van der Waals surface area (Å²) >= 11 is 0. The van der Waals surface area contributed by atoms with Crippen molar-refractivity contribution in [3.63, 3.8) is 0 Å². The Morgan fingerprint density at radius 1 is 0.971 bits per heavy atom. The van der Waals surface area contributed by atoms with Crippen LogP contribution in [0.4, 0.5) is 11.5 Å². The highest BCUT2D eigenvalue weighted by Gasteiger charge is 2.29. The Kier molecular flexibility index (Phi) is 6.30. The SMILES string of the molecule is Cc1cc(C)cc(CC(=O)N2Cc3[nH]nc(NC(=O)c4ccc(N5CCN(C)CC5)cc4)c3C2)c1. The molecule has 0 atom stereocenters. The molecule has 1 fully saturated rings. The summed E-state index contributed by atoms with van der Waals surface area (Å²) in [6, 6.07) is 13.9. The number of carbonyl (C=O) groups excluding carboxylic acids is 2. The number of anilines is 2. The number of nitrogens with one attached hydrogen (secondary N) is 2. The molecule has 0 aliphatic carbocycles. The zero-order valence-electron chi connectivity index (χ0n) is 20.6. The molecule has 1 aromatic heterocycles. The van der Waals surface area contributed by atoms with Crippen molar-refractivity contribution in [2.24, 2.45) is 0 Å². The second-order valence-corrected chi connectivity index (χ2v) is 9.74. The van der Waals surface area contributed by atoms with E-state index < -0.39 is 0 Å². The van der Waals surface area contributed by atoms with Gasteiger partial charge in [0.05, 0.1) is 25.2 Å². The normalized spacial score (nSPS) is 15.9. The highest BCUT2D eigenvalue weighted by Crippen LogP contribution is 2.28. The van der Waals surface area contributed by atoms with Gasteiger partial charge in [0.2, 0.25) is 5.91 Å². The van der Waals surface area contributed by atoms with Crippen LogP contribution in [0.2, 0.25) is 0 Å². The van der Waals surface area contributed by atoms with E-state index in [1.54, 1.807) is 4.90 Å². The molecular formula is C27H32N6O2. The smallest absolute Gasteiger partial charge is 0.256 e. The lowest BCUT2D eigenvalue weighted by Gasteiger charge is -2.34. The average Bonchev–Trinajstić information content (AvgIpc) is 3.41. The third-order valence-corrected chi connectivity index (χ3v) is 6.87. The first kappa shape index (κ1) is 23.1. The number of aryl methyl sites for hydroxylation is 2. The Bertz CT molecular complexity index is 1220. The van der Waals surface area contributed by atoms with E-state index in [9.17, 15) is 9.59 Å². The zero-order valence-corrected chi connectivity index (χ0v) is 20.6. The molecule has 2 amide bonds. The topological polar surface area (TPSA) is 84.6 Å². The molecule has 2 aromatic carbocycles. The van der Waals surface area contributed by atoms with Crippen LogP contribution in [-0.2, 0) is 24.3 Å². The molecule has 8 heteroatoms. The van der Waals surface area contributed by atoms with Gasteiger partial charge >= 0.3 is 0 Å². The van der Waals surface area contributed by atoms with Gasteiger partial charge in [0, 0.05) is 43.0 Å². The van der Waals surface area contributed by atoms with Gasteiger partial charge in [0.25, 0.3) is 5.91 Å². The van der Waals surface area contributed by atoms with Gasteiger partial charge in [-0.05, 0) is 50.7 Å². The number of nitrogens with zero attached hydrogens (tertiary/aromatic N) is 4. The Hall–Kier alpha value is -3.65. The van der Waals surface area contributed by atoms with Crippen molar-refractivity contribution in [2.75, 3.05) is 43.4 Å². The molecule has 0 saturated carbocycles. The monoisotopic (exact) mass is 472 g/mol. The quantitative estimate of drug-likeness (QED) is 0.596. The van der Waals surface area contributed by atoms with Crippen LogP contribution in [0, 0.1) is 13.8 Å². The number of rotatable bonds is 5. The van der Waals surface area contributed by atoms with E-state index in [0.29, 0.717) is 30.9 Å². The Balaban J connectivity index is 1.21. The number of hydrogen-bond acceptors (Lipinski definition) is 5. The van der Waals surface area contributed by atoms with Crippen molar-refractivity contribution < 1.29 is 9.59 Å².